The summed E-state index contributed by atoms with van der Waals surface area (Å²) >= 11 is 0. The summed E-state index contributed by atoms with van der Waals surface area (Å²) in [6.45, 7) is 2.27. The van der Waals surface area contributed by atoms with Crippen LogP contribution in [0, 0.1) is 0 Å². The van der Waals surface area contributed by atoms with Crippen molar-refractivity contribution in [2.75, 3.05) is 0 Å². The Morgan fingerprint density at radius 1 is 0.682 bits per heavy atom. The minimum absolute atomic E-state index is 0. The molecule has 0 rings (SSSR count). The van der Waals surface area contributed by atoms with Crippen molar-refractivity contribution in [2.45, 2.75) is 110 Å². The van der Waals surface area contributed by atoms with Crippen molar-refractivity contribution in [3.8, 4) is 0 Å². The molecular weight excluding hydrogens is 304 g/mol. The quantitative estimate of drug-likeness (QED) is 0.178. The minimum atomic E-state index is -0.510. The number of hydrogen-bond acceptors (Lipinski definition) is 3. The zero-order valence-corrected chi connectivity index (χ0v) is 14.1. The monoisotopic (exact) mass is 342 g/mol. The van der Waals surface area contributed by atoms with Crippen LogP contribution in [0.4, 0.5) is 0 Å². The van der Waals surface area contributed by atoms with E-state index in [1.807, 2.05) is 0 Å². The van der Waals surface area contributed by atoms with Gasteiger partial charge in [0.15, 0.2) is 0 Å². The molecule has 0 aromatic rings. The van der Waals surface area contributed by atoms with Gasteiger partial charge < -0.3 is 4.89 Å². The third kappa shape index (κ3) is 20.7. The topological polar surface area (TPSA) is 46.5 Å². The SMILES string of the molecule is CCCCCCCCCCCCCCCCCC(=O)OO.[CaH2]. The molecule has 0 spiro atoms. The molecule has 4 heteroatoms. The van der Waals surface area contributed by atoms with Gasteiger partial charge in [0.1, 0.15) is 0 Å². The van der Waals surface area contributed by atoms with E-state index < -0.39 is 5.97 Å². The summed E-state index contributed by atoms with van der Waals surface area (Å²) in [5.74, 6) is -0.510. The summed E-state index contributed by atoms with van der Waals surface area (Å²) < 4.78 is 0. The average molecular weight is 343 g/mol. The first-order valence-electron chi connectivity index (χ1n) is 9.15. The van der Waals surface area contributed by atoms with Crippen molar-refractivity contribution < 1.29 is 14.9 Å². The summed E-state index contributed by atoms with van der Waals surface area (Å²) in [6, 6.07) is 0. The molecule has 0 atom stereocenters. The van der Waals surface area contributed by atoms with Gasteiger partial charge in [0.05, 0.1) is 0 Å². The van der Waals surface area contributed by atoms with E-state index in [4.69, 9.17) is 5.26 Å². The summed E-state index contributed by atoms with van der Waals surface area (Å²) in [6.07, 6.45) is 20.0. The Morgan fingerprint density at radius 2 is 1.00 bits per heavy atom. The van der Waals surface area contributed by atoms with E-state index in [1.54, 1.807) is 0 Å². The molecule has 0 aromatic carbocycles. The van der Waals surface area contributed by atoms with Gasteiger partial charge in [-0.1, -0.05) is 96.8 Å². The van der Waals surface area contributed by atoms with E-state index in [0.717, 1.165) is 12.8 Å². The van der Waals surface area contributed by atoms with E-state index >= 15 is 0 Å². The summed E-state index contributed by atoms with van der Waals surface area (Å²) in [5.41, 5.74) is 0. The van der Waals surface area contributed by atoms with E-state index in [1.165, 1.54) is 83.5 Å². The van der Waals surface area contributed by atoms with Crippen LogP contribution >= 0.6 is 0 Å². The molecule has 0 aliphatic carbocycles. The molecule has 22 heavy (non-hydrogen) atoms. The van der Waals surface area contributed by atoms with Crippen LogP contribution in [0.2, 0.25) is 0 Å². The molecule has 3 nitrogen and oxygen atoms in total. The van der Waals surface area contributed by atoms with Crippen molar-refractivity contribution in [1.82, 2.24) is 0 Å². The van der Waals surface area contributed by atoms with Crippen LogP contribution in [0.15, 0.2) is 0 Å². The Hall–Kier alpha value is 0.690. The second kappa shape index (κ2) is 21.7. The Morgan fingerprint density at radius 3 is 1.32 bits per heavy atom. The van der Waals surface area contributed by atoms with Crippen LogP contribution in [-0.4, -0.2) is 49.0 Å². The van der Waals surface area contributed by atoms with Crippen molar-refractivity contribution in [3.63, 3.8) is 0 Å². The van der Waals surface area contributed by atoms with E-state index in [-0.39, 0.29) is 37.7 Å². The zero-order chi connectivity index (χ0) is 15.6. The molecular formula is C18H38CaO3. The predicted octanol–water partition coefficient (Wildman–Crippen LogP) is 5.35. The van der Waals surface area contributed by atoms with Crippen molar-refractivity contribution in [3.05, 3.63) is 0 Å². The van der Waals surface area contributed by atoms with Gasteiger partial charge in [0.25, 0.3) is 0 Å². The van der Waals surface area contributed by atoms with Gasteiger partial charge in [-0.05, 0) is 6.42 Å². The van der Waals surface area contributed by atoms with Crippen LogP contribution < -0.4 is 0 Å². The first-order chi connectivity index (χ1) is 10.3. The fraction of sp³-hybridized carbons (Fsp3) is 0.944. The Kier molecular flexibility index (Phi) is 24.6. The number of hydrogen-bond donors (Lipinski definition) is 1. The molecule has 0 unspecified atom stereocenters. The fourth-order valence-electron chi connectivity index (χ4n) is 2.69. The molecule has 0 saturated heterocycles. The van der Waals surface area contributed by atoms with E-state index in [0.29, 0.717) is 6.42 Å². The summed E-state index contributed by atoms with van der Waals surface area (Å²) in [7, 11) is 0. The average Bonchev–Trinajstić information content (AvgIpc) is 2.50. The molecule has 0 aromatic heterocycles. The molecule has 0 fully saturated rings. The summed E-state index contributed by atoms with van der Waals surface area (Å²) in [5, 5.41) is 8.10. The third-order valence-electron chi connectivity index (χ3n) is 4.09. The third-order valence-corrected chi connectivity index (χ3v) is 4.09. The van der Waals surface area contributed by atoms with Crippen LogP contribution in [0.5, 0.6) is 0 Å². The van der Waals surface area contributed by atoms with Gasteiger partial charge in [-0.15, -0.1) is 0 Å². The molecule has 1 N–H and O–H groups in total. The Balaban J connectivity index is 0. The van der Waals surface area contributed by atoms with Gasteiger partial charge in [-0.25, -0.2) is 4.79 Å². The molecule has 0 aliphatic heterocycles. The van der Waals surface area contributed by atoms with Gasteiger partial charge in [-0.2, -0.15) is 5.26 Å². The van der Waals surface area contributed by atoms with E-state index in [2.05, 4.69) is 11.8 Å². The normalized spacial score (nSPS) is 10.3. The first kappa shape index (κ1) is 24.9. The fourth-order valence-corrected chi connectivity index (χ4v) is 2.69. The predicted molar refractivity (Wildman–Crippen MR) is 96.8 cm³/mol. The number of carbonyl (C=O) groups excluding carboxylic acids is 1. The van der Waals surface area contributed by atoms with Crippen LogP contribution in [0.25, 0.3) is 0 Å². The number of rotatable bonds is 16. The number of unbranched alkanes of at least 4 members (excludes halogenated alkanes) is 14. The standard InChI is InChI=1S/C18H36O3.Ca.2H/c1-2-3-4-5-6-7-8-9-10-11-12-13-14-15-16-17-18(19)21-20;;;/h20H,2-17H2,1H3;;;. The second-order valence-corrected chi connectivity index (χ2v) is 6.16. The van der Waals surface area contributed by atoms with Gasteiger partial charge in [0.2, 0.25) is 0 Å². The van der Waals surface area contributed by atoms with E-state index in [9.17, 15) is 4.79 Å². The van der Waals surface area contributed by atoms with Crippen molar-refractivity contribution in [1.29, 1.82) is 0 Å². The molecule has 0 bridgehead atoms. The van der Waals surface area contributed by atoms with Crippen LogP contribution in [-0.2, 0) is 9.68 Å². The summed E-state index contributed by atoms with van der Waals surface area (Å²) in [4.78, 5) is 14.3. The van der Waals surface area contributed by atoms with Gasteiger partial charge in [-0.3, -0.25) is 0 Å². The van der Waals surface area contributed by atoms with Crippen LogP contribution in [0.1, 0.15) is 110 Å². The molecule has 0 heterocycles. The molecule has 0 saturated carbocycles. The second-order valence-electron chi connectivity index (χ2n) is 6.16. The van der Waals surface area contributed by atoms with Gasteiger partial charge in [0, 0.05) is 6.42 Å². The maximum absolute atomic E-state index is 10.7. The Labute approximate surface area is 167 Å². The Bertz CT molecular complexity index is 222. The molecule has 0 aliphatic rings. The molecule has 0 amide bonds. The van der Waals surface area contributed by atoms with Gasteiger partial charge >= 0.3 is 43.7 Å². The molecule has 0 radical (unpaired) electrons. The first-order valence-corrected chi connectivity index (χ1v) is 9.15. The van der Waals surface area contributed by atoms with Crippen LogP contribution in [0.3, 0.4) is 0 Å². The van der Waals surface area contributed by atoms with Crippen molar-refractivity contribution in [2.24, 2.45) is 0 Å². The van der Waals surface area contributed by atoms with Crippen molar-refractivity contribution >= 4 is 43.7 Å². The number of carbonyl (C=O) groups is 1. The molecule has 130 valence electrons. The zero-order valence-electron chi connectivity index (χ0n) is 14.1. The maximum atomic E-state index is 10.7.